The topological polar surface area (TPSA) is 61.7 Å². The first-order chi connectivity index (χ1) is 14.9. The monoisotopic (exact) mass is 443 g/mol. The van der Waals surface area contributed by atoms with Crippen LogP contribution in [0.25, 0.3) is 0 Å². The Kier molecular flexibility index (Phi) is 6.51. The molecule has 0 atom stereocenters. The average Bonchev–Trinajstić information content (AvgIpc) is 3.07. The van der Waals surface area contributed by atoms with Crippen LogP contribution < -0.4 is 0 Å². The Morgan fingerprint density at radius 3 is 2.10 bits per heavy atom. The number of aromatic nitrogens is 2. The summed E-state index contributed by atoms with van der Waals surface area (Å²) in [5.74, 6) is -0.109. The Hall–Kier alpha value is -2.54. The van der Waals surface area contributed by atoms with Gasteiger partial charge in [0, 0.05) is 39.3 Å². The van der Waals surface area contributed by atoms with Crippen LogP contribution in [0.15, 0.2) is 24.3 Å². The number of piperazine rings is 1. The van der Waals surface area contributed by atoms with Gasteiger partial charge in [-0.05, 0) is 38.7 Å². The molecule has 2 aromatic rings. The van der Waals surface area contributed by atoms with Gasteiger partial charge in [-0.2, -0.15) is 5.10 Å². The van der Waals surface area contributed by atoms with Gasteiger partial charge in [0.1, 0.15) is 5.15 Å². The molecule has 31 heavy (non-hydrogen) atoms. The summed E-state index contributed by atoms with van der Waals surface area (Å²) >= 11 is 6.59. The van der Waals surface area contributed by atoms with Crippen LogP contribution in [-0.2, 0) is 6.54 Å². The third-order valence-corrected chi connectivity index (χ3v) is 6.58. The van der Waals surface area contributed by atoms with Crippen LogP contribution >= 0.6 is 11.6 Å². The molecule has 3 amide bonds. The van der Waals surface area contributed by atoms with Gasteiger partial charge in [0.2, 0.25) is 0 Å². The molecular formula is C23H30ClN5O2. The zero-order valence-electron chi connectivity index (χ0n) is 18.3. The average molecular weight is 444 g/mol. The number of urea groups is 1. The predicted octanol–water partition coefficient (Wildman–Crippen LogP) is 3.57. The first kappa shape index (κ1) is 21.7. The van der Waals surface area contributed by atoms with Crippen molar-refractivity contribution in [2.45, 2.75) is 39.7 Å². The largest absolute Gasteiger partial charge is 0.335 e. The molecule has 2 aliphatic rings. The number of hydrogen-bond acceptors (Lipinski definition) is 3. The van der Waals surface area contributed by atoms with E-state index in [0.717, 1.165) is 31.5 Å². The number of halogens is 1. The molecule has 3 heterocycles. The second-order valence-electron chi connectivity index (χ2n) is 8.50. The molecule has 7 nitrogen and oxygen atoms in total. The van der Waals surface area contributed by atoms with Crippen LogP contribution in [0.3, 0.4) is 0 Å². The molecule has 2 saturated heterocycles. The van der Waals surface area contributed by atoms with E-state index in [4.69, 9.17) is 11.6 Å². The maximum Gasteiger partial charge on any atom is 0.320 e. The Bertz CT molecular complexity index is 942. The Morgan fingerprint density at radius 2 is 1.45 bits per heavy atom. The number of rotatable bonds is 3. The van der Waals surface area contributed by atoms with Crippen molar-refractivity contribution in [3.8, 4) is 0 Å². The van der Waals surface area contributed by atoms with Crippen LogP contribution in [0.1, 0.15) is 46.4 Å². The third-order valence-electron chi connectivity index (χ3n) is 6.20. The highest BCUT2D eigenvalue weighted by atomic mass is 35.5. The van der Waals surface area contributed by atoms with E-state index < -0.39 is 0 Å². The molecule has 0 radical (unpaired) electrons. The molecular weight excluding hydrogens is 414 g/mol. The van der Waals surface area contributed by atoms with Gasteiger partial charge in [0.15, 0.2) is 0 Å². The summed E-state index contributed by atoms with van der Waals surface area (Å²) < 4.78 is 1.69. The highest BCUT2D eigenvalue weighted by Gasteiger charge is 2.31. The number of hydrogen-bond donors (Lipinski definition) is 0. The third kappa shape index (κ3) is 4.71. The number of carbonyl (C=O) groups excluding carboxylic acids is 2. The highest BCUT2D eigenvalue weighted by molar-refractivity contribution is 6.33. The first-order valence-electron chi connectivity index (χ1n) is 11.1. The molecule has 2 aliphatic heterocycles. The summed E-state index contributed by atoms with van der Waals surface area (Å²) in [6.07, 6.45) is 3.35. The SMILES string of the molecule is Cc1ccc(Cn2nc(C)c(C(=O)N3CCN(C(=O)N4CCCCC4)CC3)c2Cl)cc1. The lowest BCUT2D eigenvalue weighted by Gasteiger charge is -2.38. The lowest BCUT2D eigenvalue weighted by Crippen LogP contribution is -2.54. The second kappa shape index (κ2) is 9.30. The van der Waals surface area contributed by atoms with E-state index >= 15 is 0 Å². The second-order valence-corrected chi connectivity index (χ2v) is 8.86. The summed E-state index contributed by atoms with van der Waals surface area (Å²) in [6, 6.07) is 8.30. The number of benzene rings is 1. The number of piperidine rings is 1. The van der Waals surface area contributed by atoms with Crippen LogP contribution in [0, 0.1) is 13.8 Å². The number of aryl methyl sites for hydroxylation is 2. The molecule has 166 valence electrons. The van der Waals surface area contributed by atoms with Gasteiger partial charge in [0.25, 0.3) is 5.91 Å². The molecule has 0 saturated carbocycles. The summed E-state index contributed by atoms with van der Waals surface area (Å²) in [5, 5.41) is 4.88. The van der Waals surface area contributed by atoms with Gasteiger partial charge in [-0.25, -0.2) is 9.48 Å². The van der Waals surface area contributed by atoms with Crippen molar-refractivity contribution >= 4 is 23.5 Å². The minimum atomic E-state index is -0.109. The summed E-state index contributed by atoms with van der Waals surface area (Å²) in [5.41, 5.74) is 3.37. The van der Waals surface area contributed by atoms with Crippen molar-refractivity contribution in [2.75, 3.05) is 39.3 Å². The fourth-order valence-corrected chi connectivity index (χ4v) is 4.63. The summed E-state index contributed by atoms with van der Waals surface area (Å²) in [6.45, 7) is 8.19. The molecule has 0 spiro atoms. The van der Waals surface area contributed by atoms with E-state index in [2.05, 4.69) is 17.2 Å². The predicted molar refractivity (Wildman–Crippen MR) is 121 cm³/mol. The number of likely N-dealkylation sites (tertiary alicyclic amines) is 1. The molecule has 1 aromatic heterocycles. The molecule has 0 N–H and O–H groups in total. The molecule has 8 heteroatoms. The molecule has 2 fully saturated rings. The van der Waals surface area contributed by atoms with Crippen molar-refractivity contribution in [1.82, 2.24) is 24.5 Å². The van der Waals surface area contributed by atoms with E-state index in [1.54, 1.807) is 9.58 Å². The van der Waals surface area contributed by atoms with Gasteiger partial charge < -0.3 is 14.7 Å². The standard InChI is InChI=1S/C23H30ClN5O2/c1-17-6-8-19(9-7-17)16-29-21(24)20(18(2)25-29)22(30)26-12-14-28(15-13-26)23(31)27-10-4-3-5-11-27/h6-9H,3-5,10-16H2,1-2H3. The van der Waals surface area contributed by atoms with E-state index in [1.165, 1.54) is 12.0 Å². The molecule has 0 bridgehead atoms. The van der Waals surface area contributed by atoms with Crippen molar-refractivity contribution in [3.63, 3.8) is 0 Å². The Morgan fingerprint density at radius 1 is 0.871 bits per heavy atom. The van der Waals surface area contributed by atoms with Crippen molar-refractivity contribution < 1.29 is 9.59 Å². The van der Waals surface area contributed by atoms with E-state index in [-0.39, 0.29) is 11.9 Å². The maximum absolute atomic E-state index is 13.2. The minimum Gasteiger partial charge on any atom is -0.335 e. The van der Waals surface area contributed by atoms with Crippen LogP contribution in [-0.4, -0.2) is 75.7 Å². The van der Waals surface area contributed by atoms with Crippen molar-refractivity contribution in [3.05, 3.63) is 51.8 Å². The maximum atomic E-state index is 13.2. The van der Waals surface area contributed by atoms with Gasteiger partial charge in [-0.3, -0.25) is 4.79 Å². The lowest BCUT2D eigenvalue weighted by atomic mass is 10.1. The van der Waals surface area contributed by atoms with Gasteiger partial charge in [-0.1, -0.05) is 41.4 Å². The molecule has 1 aromatic carbocycles. The number of carbonyl (C=O) groups is 2. The van der Waals surface area contributed by atoms with Crippen LogP contribution in [0.5, 0.6) is 0 Å². The van der Waals surface area contributed by atoms with Gasteiger partial charge in [-0.15, -0.1) is 0 Å². The van der Waals surface area contributed by atoms with E-state index in [1.807, 2.05) is 35.8 Å². The molecule has 0 aliphatic carbocycles. The van der Waals surface area contributed by atoms with Crippen LogP contribution in [0.2, 0.25) is 5.15 Å². The number of nitrogens with zero attached hydrogens (tertiary/aromatic N) is 5. The molecule has 4 rings (SSSR count). The normalized spacial score (nSPS) is 17.2. The zero-order chi connectivity index (χ0) is 22.0. The fraction of sp³-hybridized carbons (Fsp3) is 0.522. The minimum absolute atomic E-state index is 0.104. The van der Waals surface area contributed by atoms with Crippen molar-refractivity contribution in [2.24, 2.45) is 0 Å². The highest BCUT2D eigenvalue weighted by Crippen LogP contribution is 2.24. The Balaban J connectivity index is 1.40. The van der Waals surface area contributed by atoms with E-state index in [0.29, 0.717) is 49.1 Å². The first-order valence-corrected chi connectivity index (χ1v) is 11.4. The number of amides is 3. The smallest absolute Gasteiger partial charge is 0.320 e. The summed E-state index contributed by atoms with van der Waals surface area (Å²) in [4.78, 5) is 31.5. The van der Waals surface area contributed by atoms with Gasteiger partial charge >= 0.3 is 6.03 Å². The van der Waals surface area contributed by atoms with Crippen molar-refractivity contribution in [1.29, 1.82) is 0 Å². The summed E-state index contributed by atoms with van der Waals surface area (Å²) in [7, 11) is 0. The van der Waals surface area contributed by atoms with Gasteiger partial charge in [0.05, 0.1) is 17.8 Å². The molecule has 0 unspecified atom stereocenters. The fourth-order valence-electron chi connectivity index (χ4n) is 4.31. The quantitative estimate of drug-likeness (QED) is 0.728. The Labute approximate surface area is 188 Å². The zero-order valence-corrected chi connectivity index (χ0v) is 19.1. The lowest BCUT2D eigenvalue weighted by molar-refractivity contribution is 0.0632. The van der Waals surface area contributed by atoms with Crippen LogP contribution in [0.4, 0.5) is 4.79 Å². The van der Waals surface area contributed by atoms with E-state index in [9.17, 15) is 9.59 Å².